The second-order valence-corrected chi connectivity index (χ2v) is 5.96. The summed E-state index contributed by atoms with van der Waals surface area (Å²) in [5, 5.41) is 2.10. The van der Waals surface area contributed by atoms with Crippen LogP contribution in [0.3, 0.4) is 0 Å². The molecule has 0 aliphatic rings. The van der Waals surface area contributed by atoms with Gasteiger partial charge in [-0.15, -0.1) is 0 Å². The third-order valence-corrected chi connectivity index (χ3v) is 4.14. The summed E-state index contributed by atoms with van der Waals surface area (Å²) >= 11 is 0. The number of quaternary nitrogens is 1. The Morgan fingerprint density at radius 3 is 2.36 bits per heavy atom. The highest BCUT2D eigenvalue weighted by Gasteiger charge is 2.12. The quantitative estimate of drug-likeness (QED) is 0.610. The van der Waals surface area contributed by atoms with Crippen molar-refractivity contribution in [2.45, 2.75) is 25.8 Å². The summed E-state index contributed by atoms with van der Waals surface area (Å²) in [6.07, 6.45) is 1.99. The fraction of sp³-hybridized carbons (Fsp3) is 0.350. The van der Waals surface area contributed by atoms with Gasteiger partial charge in [-0.25, -0.2) is 0 Å². The first-order chi connectivity index (χ1) is 11.6. The van der Waals surface area contributed by atoms with Crippen LogP contribution in [0.15, 0.2) is 48.5 Å². The smallest absolute Gasteiger partial charge is 0.216 e. The Kier molecular flexibility index (Phi) is 9.03. The fourth-order valence-electron chi connectivity index (χ4n) is 2.54. The van der Waals surface area contributed by atoms with E-state index in [1.54, 1.807) is 14.2 Å². The third-order valence-electron chi connectivity index (χ3n) is 4.14. The Morgan fingerprint density at radius 2 is 1.72 bits per heavy atom. The minimum atomic E-state index is 0. The van der Waals surface area contributed by atoms with Gasteiger partial charge in [0.25, 0.3) is 0 Å². The van der Waals surface area contributed by atoms with Gasteiger partial charge in [0.1, 0.15) is 18.0 Å². The van der Waals surface area contributed by atoms with Crippen LogP contribution in [-0.2, 0) is 6.42 Å². The Morgan fingerprint density at radius 1 is 1.04 bits per heavy atom. The first-order valence-corrected chi connectivity index (χ1v) is 8.26. The number of aryl methyl sites for hydroxylation is 1. The normalized spacial score (nSPS) is 11.3. The summed E-state index contributed by atoms with van der Waals surface area (Å²) in [6, 6.07) is 15.8. The van der Waals surface area contributed by atoms with Crippen LogP contribution in [0, 0.1) is 0 Å². The first-order valence-electron chi connectivity index (χ1n) is 8.26. The molecule has 1 unspecified atom stereocenters. The number of halogens is 1. The van der Waals surface area contributed by atoms with E-state index in [2.05, 4.69) is 24.4 Å². The SMILES string of the molecule is COc1ccc(C(=O)C[NH2+]C(C)CCc2cccc(OC)c2)cc1.[Cl-]. The van der Waals surface area contributed by atoms with Gasteiger partial charge in [-0.2, -0.15) is 0 Å². The first kappa shape index (κ1) is 21.0. The van der Waals surface area contributed by atoms with Crippen LogP contribution < -0.4 is 27.2 Å². The molecule has 4 nitrogen and oxygen atoms in total. The molecule has 0 saturated carbocycles. The maximum atomic E-state index is 12.2. The van der Waals surface area contributed by atoms with Crippen molar-refractivity contribution in [3.8, 4) is 11.5 Å². The zero-order chi connectivity index (χ0) is 17.4. The number of methoxy groups -OCH3 is 2. The van der Waals surface area contributed by atoms with Crippen LogP contribution in [0.4, 0.5) is 0 Å². The lowest BCUT2D eigenvalue weighted by Crippen LogP contribution is -3.00. The molecule has 2 aromatic rings. The van der Waals surface area contributed by atoms with Crippen LogP contribution in [0.1, 0.15) is 29.3 Å². The molecule has 2 aromatic carbocycles. The van der Waals surface area contributed by atoms with Crippen LogP contribution in [0.2, 0.25) is 0 Å². The molecule has 0 heterocycles. The van der Waals surface area contributed by atoms with Gasteiger partial charge in [0.15, 0.2) is 0 Å². The molecule has 0 spiro atoms. The number of carbonyl (C=O) groups is 1. The lowest BCUT2D eigenvalue weighted by Gasteiger charge is -2.11. The van der Waals surface area contributed by atoms with Crippen molar-refractivity contribution in [1.29, 1.82) is 0 Å². The maximum absolute atomic E-state index is 12.2. The summed E-state index contributed by atoms with van der Waals surface area (Å²) in [5.74, 6) is 1.80. The Hall–Kier alpha value is -2.04. The molecule has 1 atom stereocenters. The van der Waals surface area contributed by atoms with Gasteiger partial charge in [0, 0.05) is 12.0 Å². The fourth-order valence-corrected chi connectivity index (χ4v) is 2.54. The number of hydrogen-bond donors (Lipinski definition) is 1. The second-order valence-electron chi connectivity index (χ2n) is 5.96. The largest absolute Gasteiger partial charge is 1.00 e. The summed E-state index contributed by atoms with van der Waals surface area (Å²) in [5.41, 5.74) is 1.99. The van der Waals surface area contributed by atoms with Gasteiger partial charge >= 0.3 is 0 Å². The number of benzene rings is 2. The molecule has 0 bridgehead atoms. The molecule has 0 amide bonds. The van der Waals surface area contributed by atoms with Crippen LogP contribution in [0.5, 0.6) is 11.5 Å². The highest BCUT2D eigenvalue weighted by atomic mass is 35.5. The highest BCUT2D eigenvalue weighted by Crippen LogP contribution is 2.14. The van der Waals surface area contributed by atoms with Gasteiger partial charge in [-0.3, -0.25) is 4.79 Å². The van der Waals surface area contributed by atoms with Crippen LogP contribution >= 0.6 is 0 Å². The topological polar surface area (TPSA) is 52.1 Å². The molecule has 0 aromatic heterocycles. The van der Waals surface area contributed by atoms with Gasteiger partial charge < -0.3 is 27.2 Å². The van der Waals surface area contributed by atoms with E-state index in [4.69, 9.17) is 9.47 Å². The minimum absolute atomic E-state index is 0. The standard InChI is InChI=1S/C20H25NO3.ClH/c1-15(7-8-16-5-4-6-19(13-16)24-3)21-14-20(22)17-9-11-18(23-2)12-10-17;/h4-6,9-13,15,21H,7-8,14H2,1-3H3;1H. The monoisotopic (exact) mass is 363 g/mol. The van der Waals surface area contributed by atoms with E-state index in [-0.39, 0.29) is 18.2 Å². The van der Waals surface area contributed by atoms with E-state index >= 15 is 0 Å². The van der Waals surface area contributed by atoms with E-state index < -0.39 is 0 Å². The Bertz CT molecular complexity index is 658. The van der Waals surface area contributed by atoms with Gasteiger partial charge in [-0.05, 0) is 55.3 Å². The molecule has 0 fully saturated rings. The molecular weight excluding hydrogens is 338 g/mol. The molecule has 5 heteroatoms. The predicted octanol–water partition coefficient (Wildman–Crippen LogP) is -0.525. The number of carbonyl (C=O) groups excluding carboxylic acids is 1. The summed E-state index contributed by atoms with van der Waals surface area (Å²) in [4.78, 5) is 12.2. The van der Waals surface area contributed by atoms with Crippen LogP contribution in [-0.4, -0.2) is 32.6 Å². The molecule has 2 N–H and O–H groups in total. The predicted molar refractivity (Wildman–Crippen MR) is 94.9 cm³/mol. The summed E-state index contributed by atoms with van der Waals surface area (Å²) in [7, 11) is 3.30. The number of ether oxygens (including phenoxy) is 2. The van der Waals surface area contributed by atoms with E-state index in [9.17, 15) is 4.79 Å². The highest BCUT2D eigenvalue weighted by molar-refractivity contribution is 5.96. The van der Waals surface area contributed by atoms with E-state index in [1.807, 2.05) is 36.4 Å². The number of Topliss-reactive ketones (excluding diaryl/α,β-unsaturated/α-hetero) is 1. The average molecular weight is 364 g/mol. The summed E-state index contributed by atoms with van der Waals surface area (Å²) in [6.45, 7) is 2.62. The average Bonchev–Trinajstić information content (AvgIpc) is 2.64. The zero-order valence-corrected chi connectivity index (χ0v) is 15.8. The second kappa shape index (κ2) is 10.7. The van der Waals surface area contributed by atoms with Crippen molar-refractivity contribution < 1.29 is 32.0 Å². The van der Waals surface area contributed by atoms with E-state index in [0.29, 0.717) is 12.6 Å². The molecule has 0 radical (unpaired) electrons. The maximum Gasteiger partial charge on any atom is 0.216 e. The number of rotatable bonds is 9. The van der Waals surface area contributed by atoms with Crippen molar-refractivity contribution in [3.63, 3.8) is 0 Å². The number of nitrogens with two attached hydrogens (primary N) is 1. The summed E-state index contributed by atoms with van der Waals surface area (Å²) < 4.78 is 10.4. The van der Waals surface area contributed by atoms with Crippen molar-refractivity contribution >= 4 is 5.78 Å². The molecule has 136 valence electrons. The Balaban J connectivity index is 0.00000312. The van der Waals surface area contributed by atoms with Gasteiger partial charge in [0.05, 0.1) is 20.3 Å². The molecule has 0 aliphatic carbocycles. The lowest BCUT2D eigenvalue weighted by atomic mass is 10.1. The van der Waals surface area contributed by atoms with Crippen molar-refractivity contribution in [2.75, 3.05) is 20.8 Å². The minimum Gasteiger partial charge on any atom is -1.00 e. The molecule has 25 heavy (non-hydrogen) atoms. The van der Waals surface area contributed by atoms with Crippen molar-refractivity contribution in [1.82, 2.24) is 0 Å². The van der Waals surface area contributed by atoms with E-state index in [0.717, 1.165) is 29.9 Å². The molecule has 2 rings (SSSR count). The molecule has 0 saturated heterocycles. The lowest BCUT2D eigenvalue weighted by molar-refractivity contribution is -0.675. The molecular formula is C20H26ClNO3. The van der Waals surface area contributed by atoms with Crippen molar-refractivity contribution in [2.24, 2.45) is 0 Å². The number of hydrogen-bond acceptors (Lipinski definition) is 3. The zero-order valence-electron chi connectivity index (χ0n) is 15.0. The van der Waals surface area contributed by atoms with E-state index in [1.165, 1.54) is 5.56 Å². The third kappa shape index (κ3) is 6.77. The van der Waals surface area contributed by atoms with Crippen LogP contribution in [0.25, 0.3) is 0 Å². The Labute approximate surface area is 155 Å². The van der Waals surface area contributed by atoms with Gasteiger partial charge in [-0.1, -0.05) is 12.1 Å². The van der Waals surface area contributed by atoms with Gasteiger partial charge in [0.2, 0.25) is 5.78 Å². The van der Waals surface area contributed by atoms with Crippen molar-refractivity contribution in [3.05, 3.63) is 59.7 Å². The molecule has 0 aliphatic heterocycles. The number of ketones is 1.